The largest absolute Gasteiger partial charge is 0.333 e. The number of amides is 2. The Hall–Kier alpha value is -1.14. The van der Waals surface area contributed by atoms with Crippen LogP contribution in [0.25, 0.3) is 0 Å². The fourth-order valence-corrected chi connectivity index (χ4v) is 4.24. The van der Waals surface area contributed by atoms with Crippen molar-refractivity contribution in [3.8, 4) is 0 Å². The van der Waals surface area contributed by atoms with E-state index in [4.69, 9.17) is 0 Å². The number of nitrogens with zero attached hydrogens (tertiary/aromatic N) is 3. The van der Waals surface area contributed by atoms with Crippen LogP contribution in [0, 0.1) is 6.92 Å². The zero-order valence-corrected chi connectivity index (χ0v) is 13.7. The van der Waals surface area contributed by atoms with E-state index >= 15 is 0 Å². The molecule has 21 heavy (non-hydrogen) atoms. The van der Waals surface area contributed by atoms with Crippen molar-refractivity contribution in [3.05, 3.63) is 16.1 Å². The van der Waals surface area contributed by atoms with E-state index < -0.39 is 0 Å². The fourth-order valence-electron chi connectivity index (χ4n) is 3.52. The summed E-state index contributed by atoms with van der Waals surface area (Å²) in [5.74, 6) is 0. The first kappa shape index (κ1) is 14.8. The summed E-state index contributed by atoms with van der Waals surface area (Å²) >= 11 is 1.60. The maximum Gasteiger partial charge on any atom is 0.317 e. The Balaban J connectivity index is 1.54. The van der Waals surface area contributed by atoms with Crippen LogP contribution in [0.4, 0.5) is 4.79 Å². The van der Waals surface area contributed by atoms with Crippen LogP contribution in [-0.2, 0) is 6.54 Å². The van der Waals surface area contributed by atoms with Gasteiger partial charge in [-0.05, 0) is 46.2 Å². The van der Waals surface area contributed by atoms with Crippen molar-refractivity contribution in [1.29, 1.82) is 0 Å². The number of likely N-dealkylation sites (tertiary alicyclic amines) is 2. The van der Waals surface area contributed by atoms with Crippen LogP contribution in [0.15, 0.2) is 5.51 Å². The van der Waals surface area contributed by atoms with Gasteiger partial charge < -0.3 is 10.2 Å². The normalized spacial score (nSPS) is 26.5. The molecule has 1 aromatic rings. The summed E-state index contributed by atoms with van der Waals surface area (Å²) < 4.78 is 0. The highest BCUT2D eigenvalue weighted by molar-refractivity contribution is 7.09. The van der Waals surface area contributed by atoms with E-state index in [-0.39, 0.29) is 6.03 Å². The molecule has 0 spiro atoms. The Bertz CT molecular complexity index is 498. The van der Waals surface area contributed by atoms with Gasteiger partial charge in [-0.2, -0.15) is 0 Å². The lowest BCUT2D eigenvalue weighted by atomic mass is 10.1. The smallest absolute Gasteiger partial charge is 0.317 e. The molecule has 0 aliphatic carbocycles. The molecule has 2 aliphatic heterocycles. The molecule has 1 N–H and O–H groups in total. The molecule has 2 aliphatic rings. The van der Waals surface area contributed by atoms with E-state index in [9.17, 15) is 4.79 Å². The van der Waals surface area contributed by atoms with Gasteiger partial charge in [0, 0.05) is 23.5 Å². The molecule has 1 aromatic heterocycles. The summed E-state index contributed by atoms with van der Waals surface area (Å²) in [6.45, 7) is 8.03. The highest BCUT2D eigenvalue weighted by Crippen LogP contribution is 2.26. The molecule has 3 rings (SSSR count). The Labute approximate surface area is 130 Å². The van der Waals surface area contributed by atoms with Gasteiger partial charge in [0.2, 0.25) is 0 Å². The summed E-state index contributed by atoms with van der Waals surface area (Å²) in [7, 11) is 0. The lowest BCUT2D eigenvalue weighted by molar-refractivity contribution is 0.168. The first-order valence-electron chi connectivity index (χ1n) is 7.84. The minimum absolute atomic E-state index is 0.0667. The summed E-state index contributed by atoms with van der Waals surface area (Å²) in [4.78, 5) is 22.3. The van der Waals surface area contributed by atoms with Gasteiger partial charge in [-0.15, -0.1) is 11.3 Å². The number of hydrogen-bond acceptors (Lipinski definition) is 4. The third-order valence-electron chi connectivity index (χ3n) is 4.83. The van der Waals surface area contributed by atoms with Crippen LogP contribution >= 0.6 is 11.3 Å². The molecule has 6 heteroatoms. The van der Waals surface area contributed by atoms with Crippen LogP contribution in [-0.4, -0.2) is 52.5 Å². The van der Waals surface area contributed by atoms with E-state index in [0.29, 0.717) is 18.6 Å². The van der Waals surface area contributed by atoms with Gasteiger partial charge in [-0.3, -0.25) is 4.90 Å². The molecule has 0 saturated carbocycles. The van der Waals surface area contributed by atoms with Gasteiger partial charge in [-0.1, -0.05) is 0 Å². The Morgan fingerprint density at radius 2 is 2.19 bits per heavy atom. The molecule has 2 saturated heterocycles. The lowest BCUT2D eigenvalue weighted by Gasteiger charge is -2.30. The highest BCUT2D eigenvalue weighted by atomic mass is 32.1. The number of hydrogen-bond donors (Lipinski definition) is 1. The van der Waals surface area contributed by atoms with Gasteiger partial charge in [-0.25, -0.2) is 9.78 Å². The molecule has 2 amide bonds. The minimum atomic E-state index is 0.0667. The molecule has 0 aromatic carbocycles. The molecule has 116 valence electrons. The van der Waals surface area contributed by atoms with Crippen molar-refractivity contribution in [3.63, 3.8) is 0 Å². The van der Waals surface area contributed by atoms with E-state index in [1.165, 1.54) is 25.9 Å². The Morgan fingerprint density at radius 3 is 2.86 bits per heavy atom. The summed E-state index contributed by atoms with van der Waals surface area (Å²) in [5.41, 5.74) is 2.85. The monoisotopic (exact) mass is 308 g/mol. The van der Waals surface area contributed by atoms with Gasteiger partial charge in [0.05, 0.1) is 17.7 Å². The molecule has 0 radical (unpaired) electrons. The van der Waals surface area contributed by atoms with Crippen LogP contribution in [0.2, 0.25) is 0 Å². The summed E-state index contributed by atoms with van der Waals surface area (Å²) in [6, 6.07) is 0.922. The number of urea groups is 1. The zero-order chi connectivity index (χ0) is 14.8. The fraction of sp³-hybridized carbons (Fsp3) is 0.733. The number of aromatic nitrogens is 1. The molecule has 2 atom stereocenters. The zero-order valence-electron chi connectivity index (χ0n) is 12.8. The number of thiazole rings is 1. The Morgan fingerprint density at radius 1 is 1.43 bits per heavy atom. The van der Waals surface area contributed by atoms with E-state index in [2.05, 4.69) is 22.1 Å². The van der Waals surface area contributed by atoms with Gasteiger partial charge >= 0.3 is 6.03 Å². The number of carbonyl (C=O) groups excluding carboxylic acids is 1. The van der Waals surface area contributed by atoms with E-state index in [1.54, 1.807) is 11.3 Å². The predicted molar refractivity (Wildman–Crippen MR) is 84.5 cm³/mol. The first-order chi connectivity index (χ1) is 10.2. The van der Waals surface area contributed by atoms with Gasteiger partial charge in [0.1, 0.15) is 0 Å². The highest BCUT2D eigenvalue weighted by Gasteiger charge is 2.37. The molecule has 0 bridgehead atoms. The number of aryl methyl sites for hydroxylation is 1. The van der Waals surface area contributed by atoms with Crippen molar-refractivity contribution in [1.82, 2.24) is 20.1 Å². The third kappa shape index (κ3) is 3.06. The first-order valence-corrected chi connectivity index (χ1v) is 8.72. The summed E-state index contributed by atoms with van der Waals surface area (Å²) in [5, 5.41) is 3.05. The van der Waals surface area contributed by atoms with E-state index in [1.807, 2.05) is 17.3 Å². The average molecular weight is 308 g/mol. The standard InChI is InChI=1S/C15H24N4OS/c1-11-14(21-10-17-11)9-16-15(20)19-8-5-13(12(19)2)18-6-3-4-7-18/h10,12-13H,3-9H2,1-2H3,(H,16,20). The minimum Gasteiger partial charge on any atom is -0.333 e. The summed E-state index contributed by atoms with van der Waals surface area (Å²) in [6.07, 6.45) is 3.72. The van der Waals surface area contributed by atoms with E-state index in [0.717, 1.165) is 23.5 Å². The van der Waals surface area contributed by atoms with Crippen molar-refractivity contribution >= 4 is 17.4 Å². The quantitative estimate of drug-likeness (QED) is 0.931. The number of carbonyl (C=O) groups is 1. The van der Waals surface area contributed by atoms with Gasteiger partial charge in [0.25, 0.3) is 0 Å². The molecule has 3 heterocycles. The van der Waals surface area contributed by atoms with Crippen molar-refractivity contribution in [2.24, 2.45) is 0 Å². The van der Waals surface area contributed by atoms with Crippen molar-refractivity contribution in [2.45, 2.75) is 51.7 Å². The second-order valence-electron chi connectivity index (χ2n) is 6.05. The second kappa shape index (κ2) is 6.32. The van der Waals surface area contributed by atoms with Crippen LogP contribution in [0.3, 0.4) is 0 Å². The van der Waals surface area contributed by atoms with Crippen LogP contribution < -0.4 is 5.32 Å². The molecular formula is C15H24N4OS. The van der Waals surface area contributed by atoms with Crippen molar-refractivity contribution < 1.29 is 4.79 Å². The van der Waals surface area contributed by atoms with Crippen LogP contribution in [0.1, 0.15) is 36.8 Å². The van der Waals surface area contributed by atoms with Crippen LogP contribution in [0.5, 0.6) is 0 Å². The molecular weight excluding hydrogens is 284 g/mol. The number of rotatable bonds is 3. The topological polar surface area (TPSA) is 48.5 Å². The lowest BCUT2D eigenvalue weighted by Crippen LogP contribution is -2.47. The van der Waals surface area contributed by atoms with Crippen molar-refractivity contribution in [2.75, 3.05) is 19.6 Å². The molecule has 5 nitrogen and oxygen atoms in total. The predicted octanol–water partition coefficient (Wildman–Crippen LogP) is 2.22. The van der Waals surface area contributed by atoms with Gasteiger partial charge in [0.15, 0.2) is 0 Å². The third-order valence-corrected chi connectivity index (χ3v) is 5.76. The molecule has 2 unspecified atom stereocenters. The maximum atomic E-state index is 12.4. The number of nitrogens with one attached hydrogen (secondary N) is 1. The second-order valence-corrected chi connectivity index (χ2v) is 6.99. The average Bonchev–Trinajstić information content (AvgIpc) is 3.17. The Kier molecular flexibility index (Phi) is 4.45. The maximum absolute atomic E-state index is 12.4. The SMILES string of the molecule is Cc1ncsc1CNC(=O)N1CCC(N2CCCC2)C1C. The molecule has 2 fully saturated rings.